The van der Waals surface area contributed by atoms with Crippen LogP contribution in [0, 0.1) is 6.92 Å². The van der Waals surface area contributed by atoms with E-state index in [1.807, 2.05) is 0 Å². The first-order chi connectivity index (χ1) is 14.8. The SMILES string of the molecule is COCCNC(=O)[C@@H]1CCCN1C(=O)c1ccc(NS(=O)(=O)c2ccccc2C)cc1. The largest absolute Gasteiger partial charge is 0.383 e. The number of benzene rings is 2. The lowest BCUT2D eigenvalue weighted by atomic mass is 10.1. The summed E-state index contributed by atoms with van der Waals surface area (Å²) in [6.45, 7) is 3.03. The molecule has 0 radical (unpaired) electrons. The maximum Gasteiger partial charge on any atom is 0.262 e. The summed E-state index contributed by atoms with van der Waals surface area (Å²) < 4.78 is 32.7. The van der Waals surface area contributed by atoms with Gasteiger partial charge >= 0.3 is 0 Å². The number of sulfonamides is 1. The summed E-state index contributed by atoms with van der Waals surface area (Å²) in [6, 6.07) is 12.4. The third-order valence-corrected chi connectivity index (χ3v) is 6.73. The average Bonchev–Trinajstić information content (AvgIpc) is 3.24. The molecule has 1 aliphatic heterocycles. The molecule has 1 heterocycles. The van der Waals surface area contributed by atoms with Gasteiger partial charge in [-0.25, -0.2) is 8.42 Å². The highest BCUT2D eigenvalue weighted by Crippen LogP contribution is 2.23. The predicted molar refractivity (Wildman–Crippen MR) is 117 cm³/mol. The molecule has 1 atom stereocenters. The second-order valence-corrected chi connectivity index (χ2v) is 9.04. The molecule has 0 aliphatic carbocycles. The molecule has 9 heteroatoms. The number of methoxy groups -OCH3 is 1. The molecule has 0 spiro atoms. The van der Waals surface area contributed by atoms with E-state index in [-0.39, 0.29) is 16.7 Å². The van der Waals surface area contributed by atoms with E-state index in [1.54, 1.807) is 67.5 Å². The van der Waals surface area contributed by atoms with Crippen LogP contribution in [0.3, 0.4) is 0 Å². The van der Waals surface area contributed by atoms with E-state index >= 15 is 0 Å². The number of likely N-dealkylation sites (tertiary alicyclic amines) is 1. The van der Waals surface area contributed by atoms with Crippen molar-refractivity contribution < 1.29 is 22.7 Å². The first-order valence-electron chi connectivity index (χ1n) is 10.1. The van der Waals surface area contributed by atoms with Gasteiger partial charge in [0.05, 0.1) is 11.5 Å². The third-order valence-electron chi connectivity index (χ3n) is 5.19. The van der Waals surface area contributed by atoms with E-state index in [0.29, 0.717) is 42.9 Å². The predicted octanol–water partition coefficient (Wildman–Crippen LogP) is 2.16. The summed E-state index contributed by atoms with van der Waals surface area (Å²) in [5, 5.41) is 2.78. The molecule has 3 rings (SSSR count). The number of aryl methyl sites for hydroxylation is 1. The lowest BCUT2D eigenvalue weighted by Crippen LogP contribution is -2.46. The zero-order chi connectivity index (χ0) is 22.4. The van der Waals surface area contributed by atoms with Crippen molar-refractivity contribution in [1.29, 1.82) is 0 Å². The molecule has 0 unspecified atom stereocenters. The Morgan fingerprint density at radius 3 is 2.52 bits per heavy atom. The van der Waals surface area contributed by atoms with Crippen molar-refractivity contribution in [3.8, 4) is 0 Å². The topological polar surface area (TPSA) is 105 Å². The molecule has 2 amide bonds. The zero-order valence-electron chi connectivity index (χ0n) is 17.6. The summed E-state index contributed by atoms with van der Waals surface area (Å²) >= 11 is 0. The number of rotatable bonds is 8. The van der Waals surface area contributed by atoms with Crippen LogP contribution in [-0.2, 0) is 19.6 Å². The fourth-order valence-corrected chi connectivity index (χ4v) is 4.90. The van der Waals surface area contributed by atoms with Gasteiger partial charge in [0.2, 0.25) is 5.91 Å². The molecule has 0 saturated carbocycles. The van der Waals surface area contributed by atoms with Gasteiger partial charge in [-0.05, 0) is 55.7 Å². The number of ether oxygens (including phenoxy) is 1. The molecular weight excluding hydrogens is 418 g/mol. The minimum absolute atomic E-state index is 0.189. The highest BCUT2D eigenvalue weighted by Gasteiger charge is 2.34. The van der Waals surface area contributed by atoms with Gasteiger partial charge in [0.1, 0.15) is 6.04 Å². The Balaban J connectivity index is 1.69. The summed E-state index contributed by atoms with van der Waals surface area (Å²) in [4.78, 5) is 27.1. The van der Waals surface area contributed by atoms with Crippen molar-refractivity contribution in [2.24, 2.45) is 0 Å². The Hall–Kier alpha value is -2.91. The van der Waals surface area contributed by atoms with E-state index in [0.717, 1.165) is 6.42 Å². The van der Waals surface area contributed by atoms with Gasteiger partial charge in [0.15, 0.2) is 0 Å². The van der Waals surface area contributed by atoms with Crippen LogP contribution < -0.4 is 10.0 Å². The smallest absolute Gasteiger partial charge is 0.262 e. The van der Waals surface area contributed by atoms with Gasteiger partial charge in [-0.1, -0.05) is 18.2 Å². The number of nitrogens with one attached hydrogen (secondary N) is 2. The van der Waals surface area contributed by atoms with Gasteiger partial charge < -0.3 is 15.0 Å². The van der Waals surface area contributed by atoms with Crippen LogP contribution >= 0.6 is 0 Å². The number of carbonyl (C=O) groups is 2. The van der Waals surface area contributed by atoms with Gasteiger partial charge in [0, 0.05) is 31.5 Å². The van der Waals surface area contributed by atoms with Crippen LogP contribution in [0.25, 0.3) is 0 Å². The number of hydrogen-bond donors (Lipinski definition) is 2. The van der Waals surface area contributed by atoms with E-state index in [2.05, 4.69) is 10.0 Å². The van der Waals surface area contributed by atoms with Gasteiger partial charge in [-0.15, -0.1) is 0 Å². The van der Waals surface area contributed by atoms with Crippen molar-refractivity contribution >= 4 is 27.5 Å². The first-order valence-corrected chi connectivity index (χ1v) is 11.6. The first kappa shape index (κ1) is 22.8. The van der Waals surface area contributed by atoms with E-state index < -0.39 is 16.1 Å². The Bertz CT molecular complexity index is 1040. The van der Waals surface area contributed by atoms with Crippen molar-refractivity contribution in [3.05, 3.63) is 59.7 Å². The Morgan fingerprint density at radius 1 is 1.13 bits per heavy atom. The number of nitrogens with zero attached hydrogens (tertiary/aromatic N) is 1. The molecule has 2 aromatic rings. The fourth-order valence-electron chi connectivity index (χ4n) is 3.59. The van der Waals surface area contributed by atoms with Crippen LogP contribution in [-0.4, -0.2) is 58.0 Å². The van der Waals surface area contributed by atoms with Crippen molar-refractivity contribution in [2.75, 3.05) is 31.5 Å². The van der Waals surface area contributed by atoms with Crippen LogP contribution in [0.4, 0.5) is 5.69 Å². The standard InChI is InChI=1S/C22H27N3O5S/c1-16-6-3-4-8-20(16)31(28,29)24-18-11-9-17(10-12-18)22(27)25-14-5-7-19(25)21(26)23-13-15-30-2/h3-4,6,8-12,19,24H,5,7,13-15H2,1-2H3,(H,23,26)/t19-/m0/s1. The third kappa shape index (κ3) is 5.42. The highest BCUT2D eigenvalue weighted by atomic mass is 32.2. The lowest BCUT2D eigenvalue weighted by molar-refractivity contribution is -0.125. The van der Waals surface area contributed by atoms with Gasteiger partial charge in [-0.3, -0.25) is 14.3 Å². The molecule has 2 N–H and O–H groups in total. The van der Waals surface area contributed by atoms with Crippen molar-refractivity contribution in [3.63, 3.8) is 0 Å². The molecule has 8 nitrogen and oxygen atoms in total. The normalized spacial score (nSPS) is 16.2. The lowest BCUT2D eigenvalue weighted by Gasteiger charge is -2.24. The van der Waals surface area contributed by atoms with Crippen molar-refractivity contribution in [2.45, 2.75) is 30.7 Å². The summed E-state index contributed by atoms with van der Waals surface area (Å²) in [5.41, 5.74) is 1.40. The fraction of sp³-hybridized carbons (Fsp3) is 0.364. The molecular formula is C22H27N3O5S. The summed E-state index contributed by atoms with van der Waals surface area (Å²) in [6.07, 6.45) is 1.36. The quantitative estimate of drug-likeness (QED) is 0.606. The number of amides is 2. The van der Waals surface area contributed by atoms with E-state index in [4.69, 9.17) is 4.74 Å². The summed E-state index contributed by atoms with van der Waals surface area (Å²) in [5.74, 6) is -0.441. The molecule has 1 saturated heterocycles. The second kappa shape index (κ2) is 9.93. The molecule has 166 valence electrons. The second-order valence-electron chi connectivity index (χ2n) is 7.39. The number of carbonyl (C=O) groups excluding carboxylic acids is 2. The van der Waals surface area contributed by atoms with Gasteiger partial charge in [0.25, 0.3) is 15.9 Å². The zero-order valence-corrected chi connectivity index (χ0v) is 18.4. The molecule has 1 aliphatic rings. The van der Waals surface area contributed by atoms with Crippen LogP contribution in [0.2, 0.25) is 0 Å². The number of hydrogen-bond acceptors (Lipinski definition) is 5. The Morgan fingerprint density at radius 2 is 1.84 bits per heavy atom. The minimum Gasteiger partial charge on any atom is -0.383 e. The summed E-state index contributed by atoms with van der Waals surface area (Å²) in [7, 11) is -2.17. The van der Waals surface area contributed by atoms with E-state index in [1.165, 1.54) is 0 Å². The van der Waals surface area contributed by atoms with Crippen molar-refractivity contribution in [1.82, 2.24) is 10.2 Å². The number of anilines is 1. The molecule has 0 aromatic heterocycles. The molecule has 31 heavy (non-hydrogen) atoms. The van der Waals surface area contributed by atoms with E-state index in [9.17, 15) is 18.0 Å². The highest BCUT2D eigenvalue weighted by molar-refractivity contribution is 7.92. The maximum absolute atomic E-state index is 12.9. The molecule has 2 aromatic carbocycles. The van der Waals surface area contributed by atoms with Gasteiger partial charge in [-0.2, -0.15) is 0 Å². The van der Waals surface area contributed by atoms with Crippen LogP contribution in [0.5, 0.6) is 0 Å². The average molecular weight is 446 g/mol. The maximum atomic E-state index is 12.9. The molecule has 1 fully saturated rings. The monoisotopic (exact) mass is 445 g/mol. The Kier molecular flexibility index (Phi) is 7.29. The molecule has 0 bridgehead atoms. The minimum atomic E-state index is -3.73. The van der Waals surface area contributed by atoms with Crippen LogP contribution in [0.1, 0.15) is 28.8 Å². The van der Waals surface area contributed by atoms with Crippen LogP contribution in [0.15, 0.2) is 53.4 Å². The Labute approximate surface area is 182 Å².